The van der Waals surface area contributed by atoms with Gasteiger partial charge >= 0.3 is 0 Å². The van der Waals surface area contributed by atoms with Gasteiger partial charge in [-0.1, -0.05) is 35.9 Å². The van der Waals surface area contributed by atoms with Crippen molar-refractivity contribution >= 4 is 17.5 Å². The fourth-order valence-electron chi connectivity index (χ4n) is 3.30. The first-order valence-electron chi connectivity index (χ1n) is 9.28. The minimum atomic E-state index is -0.388. The third-order valence-corrected chi connectivity index (χ3v) is 4.98. The standard InChI is InChI=1S/C21H24ClFN2O3/c1-15-13-25(10-11-27-15)19(21-17(22)8-5-9-18(21)23)12-24-20(26)14-28-16-6-3-2-4-7-16/h2-9,15,19H,10-14H2,1H3,(H,24,26)/t15-,19-/m1/s1. The monoisotopic (exact) mass is 406 g/mol. The van der Waals surface area contributed by atoms with Gasteiger partial charge in [-0.25, -0.2) is 4.39 Å². The van der Waals surface area contributed by atoms with E-state index in [-0.39, 0.29) is 37.0 Å². The molecule has 0 spiro atoms. The van der Waals surface area contributed by atoms with Gasteiger partial charge in [0.2, 0.25) is 0 Å². The Balaban J connectivity index is 1.68. The van der Waals surface area contributed by atoms with Crippen molar-refractivity contribution in [1.29, 1.82) is 0 Å². The molecule has 1 aliphatic heterocycles. The molecule has 0 unspecified atom stereocenters. The maximum absolute atomic E-state index is 14.6. The van der Waals surface area contributed by atoms with Gasteiger partial charge in [0.15, 0.2) is 6.61 Å². The van der Waals surface area contributed by atoms with Gasteiger partial charge in [-0.15, -0.1) is 0 Å². The highest BCUT2D eigenvalue weighted by Crippen LogP contribution is 2.31. The van der Waals surface area contributed by atoms with Crippen LogP contribution in [-0.2, 0) is 9.53 Å². The lowest BCUT2D eigenvalue weighted by atomic mass is 10.0. The molecule has 2 aromatic rings. The summed E-state index contributed by atoms with van der Waals surface area (Å²) < 4.78 is 25.6. The molecule has 0 aliphatic carbocycles. The maximum atomic E-state index is 14.6. The molecule has 3 rings (SSSR count). The zero-order valence-corrected chi connectivity index (χ0v) is 16.5. The van der Waals surface area contributed by atoms with Crippen molar-refractivity contribution in [2.45, 2.75) is 19.1 Å². The van der Waals surface area contributed by atoms with E-state index in [2.05, 4.69) is 10.2 Å². The molecule has 150 valence electrons. The summed E-state index contributed by atoms with van der Waals surface area (Å²) in [6, 6.07) is 13.3. The van der Waals surface area contributed by atoms with E-state index in [1.807, 2.05) is 25.1 Å². The van der Waals surface area contributed by atoms with Crippen LogP contribution in [0.25, 0.3) is 0 Å². The summed E-state index contributed by atoms with van der Waals surface area (Å²) in [5, 5.41) is 3.19. The highest BCUT2D eigenvalue weighted by atomic mass is 35.5. The minimum Gasteiger partial charge on any atom is -0.484 e. The van der Waals surface area contributed by atoms with Crippen LogP contribution in [0.4, 0.5) is 4.39 Å². The largest absolute Gasteiger partial charge is 0.484 e. The van der Waals surface area contributed by atoms with E-state index in [0.29, 0.717) is 36.0 Å². The van der Waals surface area contributed by atoms with E-state index >= 15 is 0 Å². The van der Waals surface area contributed by atoms with Crippen LogP contribution in [0.2, 0.25) is 5.02 Å². The average Bonchev–Trinajstić information content (AvgIpc) is 2.69. The van der Waals surface area contributed by atoms with Crippen LogP contribution in [0, 0.1) is 5.82 Å². The summed E-state index contributed by atoms with van der Waals surface area (Å²) in [6.07, 6.45) is 0.0268. The number of carbonyl (C=O) groups excluding carboxylic acids is 1. The van der Waals surface area contributed by atoms with Crippen LogP contribution in [0.5, 0.6) is 5.75 Å². The Bertz CT molecular complexity index is 770. The Morgan fingerprint density at radius 2 is 2.11 bits per heavy atom. The van der Waals surface area contributed by atoms with Crippen LogP contribution in [-0.4, -0.2) is 49.8 Å². The van der Waals surface area contributed by atoms with E-state index in [1.54, 1.807) is 24.3 Å². The van der Waals surface area contributed by atoms with Gasteiger partial charge in [0.25, 0.3) is 5.91 Å². The van der Waals surface area contributed by atoms with Gasteiger partial charge in [-0.3, -0.25) is 9.69 Å². The van der Waals surface area contributed by atoms with Crippen molar-refractivity contribution in [1.82, 2.24) is 10.2 Å². The molecule has 1 N–H and O–H groups in total. The summed E-state index contributed by atoms with van der Waals surface area (Å²) in [5.41, 5.74) is 0.391. The molecule has 28 heavy (non-hydrogen) atoms. The molecular formula is C21H24ClFN2O3. The number of benzene rings is 2. The number of nitrogens with zero attached hydrogens (tertiary/aromatic N) is 1. The molecule has 0 bridgehead atoms. The predicted octanol–water partition coefficient (Wildman–Crippen LogP) is 3.44. The number of hydrogen-bond acceptors (Lipinski definition) is 4. The third-order valence-electron chi connectivity index (χ3n) is 4.65. The highest BCUT2D eigenvalue weighted by molar-refractivity contribution is 6.31. The van der Waals surface area contributed by atoms with Gasteiger partial charge in [0.1, 0.15) is 11.6 Å². The zero-order chi connectivity index (χ0) is 19.9. The number of carbonyl (C=O) groups is 1. The first-order chi connectivity index (χ1) is 13.5. The highest BCUT2D eigenvalue weighted by Gasteiger charge is 2.29. The number of halogens is 2. The van der Waals surface area contributed by atoms with Crippen molar-refractivity contribution < 1.29 is 18.7 Å². The first kappa shape index (κ1) is 20.6. The molecule has 7 heteroatoms. The van der Waals surface area contributed by atoms with Crippen molar-refractivity contribution in [3.8, 4) is 5.75 Å². The van der Waals surface area contributed by atoms with E-state index < -0.39 is 0 Å². The van der Waals surface area contributed by atoms with Crippen molar-refractivity contribution in [2.24, 2.45) is 0 Å². The van der Waals surface area contributed by atoms with Gasteiger partial charge in [0, 0.05) is 30.2 Å². The Hall–Kier alpha value is -2.15. The van der Waals surface area contributed by atoms with E-state index in [9.17, 15) is 9.18 Å². The molecule has 0 aromatic heterocycles. The average molecular weight is 407 g/mol. The fourth-order valence-corrected chi connectivity index (χ4v) is 3.59. The second kappa shape index (κ2) is 9.87. The predicted molar refractivity (Wildman–Crippen MR) is 106 cm³/mol. The number of hydrogen-bond donors (Lipinski definition) is 1. The van der Waals surface area contributed by atoms with Gasteiger partial charge in [-0.05, 0) is 31.2 Å². The lowest BCUT2D eigenvalue weighted by Gasteiger charge is -2.38. The first-order valence-corrected chi connectivity index (χ1v) is 9.66. The number of rotatable bonds is 7. The van der Waals surface area contributed by atoms with Gasteiger partial charge in [-0.2, -0.15) is 0 Å². The second-order valence-electron chi connectivity index (χ2n) is 6.73. The van der Waals surface area contributed by atoms with Gasteiger partial charge in [0.05, 0.1) is 18.8 Å². The topological polar surface area (TPSA) is 50.8 Å². The molecule has 5 nitrogen and oxygen atoms in total. The molecule has 0 radical (unpaired) electrons. The summed E-state index contributed by atoms with van der Waals surface area (Å²) in [4.78, 5) is 14.4. The molecule has 1 fully saturated rings. The number of morpholine rings is 1. The minimum absolute atomic E-state index is 0.0268. The van der Waals surface area contributed by atoms with E-state index in [4.69, 9.17) is 21.1 Å². The smallest absolute Gasteiger partial charge is 0.258 e. The summed E-state index contributed by atoms with van der Waals surface area (Å²) in [7, 11) is 0. The Morgan fingerprint density at radius 1 is 1.32 bits per heavy atom. The Labute approximate surface area is 169 Å². The van der Waals surface area contributed by atoms with E-state index in [1.165, 1.54) is 6.07 Å². The van der Waals surface area contributed by atoms with Crippen LogP contribution in [0.3, 0.4) is 0 Å². The van der Waals surface area contributed by atoms with Crippen LogP contribution in [0.15, 0.2) is 48.5 Å². The van der Waals surface area contributed by atoms with Crippen LogP contribution >= 0.6 is 11.6 Å². The number of ether oxygens (including phenoxy) is 2. The SMILES string of the molecule is C[C@@H]1CN([C@H](CNC(=O)COc2ccccc2)c2c(F)cccc2Cl)CCO1. The summed E-state index contributed by atoms with van der Waals surface area (Å²) in [6.45, 7) is 3.90. The molecule has 1 saturated heterocycles. The maximum Gasteiger partial charge on any atom is 0.258 e. The van der Waals surface area contributed by atoms with Crippen molar-refractivity contribution in [3.05, 3.63) is 64.9 Å². The second-order valence-corrected chi connectivity index (χ2v) is 7.14. The molecule has 2 aromatic carbocycles. The summed E-state index contributed by atoms with van der Waals surface area (Å²) in [5.74, 6) is -0.0394. The van der Waals surface area contributed by atoms with Gasteiger partial charge < -0.3 is 14.8 Å². The lowest BCUT2D eigenvalue weighted by molar-refractivity contribution is -0.123. The normalized spacial score (nSPS) is 18.5. The summed E-state index contributed by atoms with van der Waals surface area (Å²) >= 11 is 6.30. The molecule has 2 atom stereocenters. The number of para-hydroxylation sites is 1. The molecule has 1 heterocycles. The van der Waals surface area contributed by atoms with E-state index in [0.717, 1.165) is 0 Å². The third kappa shape index (κ3) is 5.44. The number of nitrogens with one attached hydrogen (secondary N) is 1. The van der Waals surface area contributed by atoms with Crippen LogP contribution < -0.4 is 10.1 Å². The molecule has 1 aliphatic rings. The zero-order valence-electron chi connectivity index (χ0n) is 15.7. The van der Waals surface area contributed by atoms with Crippen molar-refractivity contribution in [2.75, 3.05) is 32.8 Å². The quantitative estimate of drug-likeness (QED) is 0.765. The Kier molecular flexibility index (Phi) is 7.25. The molecular weight excluding hydrogens is 383 g/mol. The lowest BCUT2D eigenvalue weighted by Crippen LogP contribution is -2.47. The van der Waals surface area contributed by atoms with Crippen LogP contribution in [0.1, 0.15) is 18.5 Å². The fraction of sp³-hybridized carbons (Fsp3) is 0.381. The van der Waals surface area contributed by atoms with Crippen molar-refractivity contribution in [3.63, 3.8) is 0 Å². The molecule has 1 amide bonds. The number of amides is 1. The molecule has 0 saturated carbocycles. The Morgan fingerprint density at radius 3 is 2.82 bits per heavy atom.